The molecule has 19 nitrogen and oxygen atoms in total. The number of likely N-dealkylation sites (tertiary alicyclic amines) is 1. The summed E-state index contributed by atoms with van der Waals surface area (Å²) in [7, 11) is 8.44. The summed E-state index contributed by atoms with van der Waals surface area (Å²) in [4.78, 5) is 106. The molecule has 2 aromatic carbocycles. The van der Waals surface area contributed by atoms with Crippen LogP contribution in [0.2, 0.25) is 0 Å². The number of hydrogen-bond donors (Lipinski definition) is 6. The Morgan fingerprint density at radius 1 is 0.730 bits per heavy atom. The number of nitrogens with two attached hydrogens (primary N) is 1. The highest BCUT2D eigenvalue weighted by Crippen LogP contribution is 2.30. The largest absolute Gasteiger partial charge is 0.379 e. The lowest BCUT2D eigenvalue weighted by atomic mass is 9.89. The Morgan fingerprint density at radius 2 is 1.36 bits per heavy atom. The van der Waals surface area contributed by atoms with Crippen LogP contribution in [0.5, 0.6) is 0 Å². The summed E-state index contributed by atoms with van der Waals surface area (Å²) in [6.45, 7) is 19.1. The summed E-state index contributed by atoms with van der Waals surface area (Å²) in [5, 5.41) is 11.4. The first kappa shape index (κ1) is 62.8. The van der Waals surface area contributed by atoms with E-state index >= 15 is 0 Å². The molecule has 1 aliphatic heterocycles. The summed E-state index contributed by atoms with van der Waals surface area (Å²) >= 11 is 0. The molecule has 0 spiro atoms. The van der Waals surface area contributed by atoms with Crippen molar-refractivity contribution in [1.82, 2.24) is 36.1 Å². The fourth-order valence-corrected chi connectivity index (χ4v) is 9.65. The van der Waals surface area contributed by atoms with Crippen molar-refractivity contribution in [1.29, 1.82) is 0 Å². The summed E-state index contributed by atoms with van der Waals surface area (Å²) < 4.78 is 12.1. The molecule has 2 aromatic rings. The Kier molecular flexibility index (Phi) is 25.6. The number of hydroxylamine groups is 1. The number of rotatable bonds is 29. The van der Waals surface area contributed by atoms with Gasteiger partial charge in [-0.2, -0.15) is 0 Å². The molecule has 0 bridgehead atoms. The first-order chi connectivity index (χ1) is 34.9. The predicted molar refractivity (Wildman–Crippen MR) is 286 cm³/mol. The number of amides is 7. The highest BCUT2D eigenvalue weighted by molar-refractivity contribution is 5.97. The van der Waals surface area contributed by atoms with Crippen molar-refractivity contribution in [3.05, 3.63) is 65.7 Å². The molecule has 0 aromatic heterocycles. The van der Waals surface area contributed by atoms with E-state index in [0.29, 0.717) is 37.1 Å². The van der Waals surface area contributed by atoms with E-state index < -0.39 is 84.0 Å². The lowest BCUT2D eigenvalue weighted by molar-refractivity contribution is -0.148. The molecule has 74 heavy (non-hydrogen) atoms. The maximum Gasteiger partial charge on any atom is 0.266 e. The van der Waals surface area contributed by atoms with Gasteiger partial charge in [0.05, 0.1) is 55.3 Å². The van der Waals surface area contributed by atoms with Gasteiger partial charge in [-0.15, -0.1) is 0 Å². The minimum absolute atomic E-state index is 0.0130. The molecule has 0 saturated carbocycles. The number of methoxy groups -OCH3 is 2. The van der Waals surface area contributed by atoms with Crippen LogP contribution in [0.1, 0.15) is 106 Å². The van der Waals surface area contributed by atoms with Crippen molar-refractivity contribution in [2.45, 2.75) is 162 Å². The maximum atomic E-state index is 14.5. The van der Waals surface area contributed by atoms with Crippen LogP contribution in [0.25, 0.3) is 0 Å². The Hall–Kier alpha value is -5.47. The first-order valence-corrected chi connectivity index (χ1v) is 26.2. The van der Waals surface area contributed by atoms with Gasteiger partial charge in [0.15, 0.2) is 0 Å². The second kappa shape index (κ2) is 30.2. The van der Waals surface area contributed by atoms with Crippen molar-refractivity contribution in [2.24, 2.45) is 35.3 Å². The van der Waals surface area contributed by atoms with Crippen LogP contribution in [0, 0.1) is 29.6 Å². The van der Waals surface area contributed by atoms with Gasteiger partial charge in [-0.1, -0.05) is 111 Å². The van der Waals surface area contributed by atoms with Crippen molar-refractivity contribution in [3.8, 4) is 0 Å². The zero-order chi connectivity index (χ0) is 55.6. The van der Waals surface area contributed by atoms with Crippen LogP contribution in [-0.2, 0) is 60.9 Å². The van der Waals surface area contributed by atoms with Gasteiger partial charge < -0.3 is 46.3 Å². The molecule has 1 aliphatic rings. The molecule has 0 unspecified atom stereocenters. The Labute approximate surface area is 440 Å². The van der Waals surface area contributed by atoms with Gasteiger partial charge in [-0.05, 0) is 80.8 Å². The first-order valence-electron chi connectivity index (χ1n) is 26.2. The van der Waals surface area contributed by atoms with E-state index in [9.17, 15) is 33.6 Å². The summed E-state index contributed by atoms with van der Waals surface area (Å²) in [6.07, 6.45) is 0.631. The fourth-order valence-electron chi connectivity index (χ4n) is 9.65. The highest BCUT2D eigenvalue weighted by atomic mass is 16.7. The van der Waals surface area contributed by atoms with E-state index in [1.165, 1.54) is 14.2 Å². The lowest BCUT2D eigenvalue weighted by Gasteiger charge is -2.41. The highest BCUT2D eigenvalue weighted by Gasteiger charge is 2.43. The average Bonchev–Trinajstić information content (AvgIpc) is 3.84. The standard InChI is InChI=1S/C55H89N9O10/c1-16-35(8)48(63(13)55(71)46(33(4)5)60-54(70)47(34(6)7)62(11)12)43(72-14)30-44(65)64-28-20-23-42(64)49(73-15)36(9)50(66)59-41(29-38-21-18-17-19-22-38)52(68)61-74-31-39-24-26-40(27-25-39)58-51(67)37(10)57-53(69)45(56)32(2)3/h17-19,21-22,24-27,32-37,41-43,45-49H,16,20,23,28-31,56H2,1-15H3,(H,57,69)(H,58,67)(H,59,66)(H,60,70)(H,61,68)/t35-,36+,37+,41-,42-,43+,45+,46-,47-,48-,49+/m0/s1. The molecule has 0 radical (unpaired) electrons. The van der Waals surface area contributed by atoms with E-state index in [1.54, 1.807) is 55.0 Å². The number of nitrogens with zero attached hydrogens (tertiary/aromatic N) is 3. The van der Waals surface area contributed by atoms with E-state index in [2.05, 4.69) is 26.7 Å². The summed E-state index contributed by atoms with van der Waals surface area (Å²) in [6, 6.07) is 11.2. The van der Waals surface area contributed by atoms with Crippen LogP contribution in [-0.4, -0.2) is 152 Å². The van der Waals surface area contributed by atoms with E-state index in [0.717, 1.165) is 5.56 Å². The number of nitrogens with one attached hydrogen (secondary N) is 5. The Morgan fingerprint density at radius 3 is 1.91 bits per heavy atom. The molecular weight excluding hydrogens is 947 g/mol. The normalized spacial score (nSPS) is 17.8. The van der Waals surface area contributed by atoms with Crippen LogP contribution in [0.15, 0.2) is 54.6 Å². The number of benzene rings is 2. The number of anilines is 1. The molecule has 7 N–H and O–H groups in total. The third kappa shape index (κ3) is 17.8. The van der Waals surface area contributed by atoms with E-state index in [-0.39, 0.29) is 60.8 Å². The van der Waals surface area contributed by atoms with Crippen molar-refractivity contribution >= 4 is 47.0 Å². The fraction of sp³-hybridized carbons (Fsp3) is 0.655. The van der Waals surface area contributed by atoms with Crippen LogP contribution in [0.4, 0.5) is 5.69 Å². The molecule has 1 fully saturated rings. The minimum Gasteiger partial charge on any atom is -0.379 e. The number of ether oxygens (including phenoxy) is 2. The van der Waals surface area contributed by atoms with Crippen LogP contribution < -0.4 is 32.5 Å². The zero-order valence-corrected chi connectivity index (χ0v) is 46.7. The number of likely N-dealkylation sites (N-methyl/N-ethyl adjacent to an activating group) is 2. The molecule has 3 rings (SSSR count). The van der Waals surface area contributed by atoms with Gasteiger partial charge in [0, 0.05) is 39.9 Å². The predicted octanol–water partition coefficient (Wildman–Crippen LogP) is 4.04. The van der Waals surface area contributed by atoms with Crippen LogP contribution in [0.3, 0.4) is 0 Å². The third-order valence-corrected chi connectivity index (χ3v) is 14.3. The van der Waals surface area contributed by atoms with Crippen molar-refractivity contribution in [2.75, 3.05) is 47.2 Å². The Bertz CT molecular complexity index is 2120. The summed E-state index contributed by atoms with van der Waals surface area (Å²) in [5.41, 5.74) is 10.4. The number of hydrogen-bond acceptors (Lipinski definition) is 12. The smallest absolute Gasteiger partial charge is 0.266 e. The molecule has 1 heterocycles. The quantitative estimate of drug-likeness (QED) is 0.0633. The van der Waals surface area contributed by atoms with Gasteiger partial charge in [0.2, 0.25) is 35.4 Å². The third-order valence-electron chi connectivity index (χ3n) is 14.3. The lowest BCUT2D eigenvalue weighted by Crippen LogP contribution is -2.59. The van der Waals surface area contributed by atoms with Gasteiger partial charge in [0.25, 0.3) is 5.91 Å². The topological polar surface area (TPSA) is 243 Å². The molecule has 19 heteroatoms. The molecule has 7 amide bonds. The molecule has 414 valence electrons. The molecule has 0 aliphatic carbocycles. The van der Waals surface area contributed by atoms with Gasteiger partial charge in [0.1, 0.15) is 18.1 Å². The molecular formula is C55H89N9O10. The Balaban J connectivity index is 1.73. The second-order valence-corrected chi connectivity index (χ2v) is 21.2. The van der Waals surface area contributed by atoms with Gasteiger partial charge in [-0.3, -0.25) is 43.3 Å². The number of carbonyl (C=O) groups excluding carboxylic acids is 7. The zero-order valence-electron chi connectivity index (χ0n) is 46.7. The SMILES string of the molecule is CC[C@H](C)[C@@H]([C@@H](CC(=O)N1CCC[C@H]1[C@H](OC)[C@@H](C)C(=O)N[C@@H](Cc1ccccc1)C(=O)NOCc1ccc(NC(=O)[C@@H](C)NC(=O)[C@H](N)C(C)C)cc1)OC)N(C)C(=O)[C@@H](NC(=O)[C@H](C(C)C)N(C)C)C(C)C. The summed E-state index contributed by atoms with van der Waals surface area (Å²) in [5.74, 6) is -3.74. The maximum absolute atomic E-state index is 14.5. The van der Waals surface area contributed by atoms with E-state index in [1.807, 2.05) is 105 Å². The monoisotopic (exact) mass is 1040 g/mol. The van der Waals surface area contributed by atoms with Gasteiger partial charge >= 0.3 is 0 Å². The van der Waals surface area contributed by atoms with Crippen LogP contribution >= 0.6 is 0 Å². The molecule has 1 saturated heterocycles. The second-order valence-electron chi connectivity index (χ2n) is 21.2. The van der Waals surface area contributed by atoms with Crippen molar-refractivity contribution < 1.29 is 47.9 Å². The minimum atomic E-state index is -1.05. The molecule has 11 atom stereocenters. The van der Waals surface area contributed by atoms with E-state index in [4.69, 9.17) is 20.0 Å². The number of carbonyl (C=O) groups is 7. The van der Waals surface area contributed by atoms with Crippen molar-refractivity contribution in [3.63, 3.8) is 0 Å². The van der Waals surface area contributed by atoms with Gasteiger partial charge in [-0.25, -0.2) is 5.48 Å². The average molecular weight is 1040 g/mol.